The number of ether oxygens (including phenoxy) is 1. The molecule has 0 bridgehead atoms. The first-order valence-electron chi connectivity index (χ1n) is 8.10. The van der Waals surface area contributed by atoms with Crippen LogP contribution in [0.3, 0.4) is 0 Å². The van der Waals surface area contributed by atoms with Crippen LogP contribution >= 0.6 is 0 Å². The van der Waals surface area contributed by atoms with E-state index < -0.39 is 0 Å². The third kappa shape index (κ3) is 2.90. The maximum atomic E-state index is 11.7. The molecule has 1 fully saturated rings. The van der Waals surface area contributed by atoms with E-state index in [4.69, 9.17) is 4.74 Å². The van der Waals surface area contributed by atoms with Gasteiger partial charge in [-0.1, -0.05) is 6.07 Å². The quantitative estimate of drug-likeness (QED) is 0.909. The van der Waals surface area contributed by atoms with Crippen molar-refractivity contribution >= 4 is 6.03 Å². The number of carbonyl (C=O) groups is 1. The van der Waals surface area contributed by atoms with E-state index in [2.05, 4.69) is 28.4 Å². The fraction of sp³-hybridized carbons (Fsp3) is 0.588. The molecule has 0 radical (unpaired) electrons. The molecule has 0 aromatic heterocycles. The normalized spacial score (nSPS) is 22.1. The van der Waals surface area contributed by atoms with Crippen molar-refractivity contribution in [1.29, 1.82) is 0 Å². The average Bonchev–Trinajstić information content (AvgIpc) is 2.60. The molecule has 5 nitrogen and oxygen atoms in total. The lowest BCUT2D eigenvalue weighted by Gasteiger charge is -2.41. The van der Waals surface area contributed by atoms with E-state index in [-0.39, 0.29) is 6.03 Å². The molecule has 1 N–H and O–H groups in total. The highest BCUT2D eigenvalue weighted by atomic mass is 16.5. The fourth-order valence-corrected chi connectivity index (χ4v) is 3.65. The van der Waals surface area contributed by atoms with Gasteiger partial charge in [-0.05, 0) is 42.5 Å². The number of hydrogen-bond acceptors (Lipinski definition) is 3. The molecular weight excluding hydrogens is 278 g/mol. The van der Waals surface area contributed by atoms with E-state index in [0.29, 0.717) is 6.04 Å². The second-order valence-corrected chi connectivity index (χ2v) is 6.05. The van der Waals surface area contributed by atoms with Crippen LogP contribution in [-0.4, -0.2) is 56.2 Å². The van der Waals surface area contributed by atoms with Gasteiger partial charge >= 0.3 is 6.03 Å². The number of hydrogen-bond donors (Lipinski definition) is 1. The summed E-state index contributed by atoms with van der Waals surface area (Å²) in [5, 5.41) is 2.71. The van der Waals surface area contributed by atoms with Gasteiger partial charge in [-0.3, -0.25) is 4.90 Å². The summed E-state index contributed by atoms with van der Waals surface area (Å²) in [5.74, 6) is 0.939. The van der Waals surface area contributed by atoms with E-state index >= 15 is 0 Å². The van der Waals surface area contributed by atoms with Gasteiger partial charge in [0.15, 0.2) is 0 Å². The Morgan fingerprint density at radius 1 is 1.27 bits per heavy atom. The Bertz CT molecular complexity index is 539. The summed E-state index contributed by atoms with van der Waals surface area (Å²) in [6, 6.07) is 6.96. The SMILES string of the molecule is CNC(=O)N1CCN(C2CCCc3ccc(OC)cc32)CC1. The van der Waals surface area contributed by atoms with Gasteiger partial charge in [-0.2, -0.15) is 0 Å². The number of benzene rings is 1. The summed E-state index contributed by atoms with van der Waals surface area (Å²) in [6.45, 7) is 3.48. The number of aryl methyl sites for hydroxylation is 1. The van der Waals surface area contributed by atoms with Crippen LogP contribution in [0.15, 0.2) is 18.2 Å². The second-order valence-electron chi connectivity index (χ2n) is 6.05. The molecule has 120 valence electrons. The van der Waals surface area contributed by atoms with E-state index in [1.807, 2.05) is 4.90 Å². The number of fused-ring (bicyclic) bond motifs is 1. The highest BCUT2D eigenvalue weighted by Crippen LogP contribution is 2.36. The number of rotatable bonds is 2. The minimum atomic E-state index is 0.0327. The predicted octanol–water partition coefficient (Wildman–Crippen LogP) is 2.03. The summed E-state index contributed by atoms with van der Waals surface area (Å²) in [4.78, 5) is 16.1. The van der Waals surface area contributed by atoms with Crippen molar-refractivity contribution in [2.75, 3.05) is 40.3 Å². The zero-order chi connectivity index (χ0) is 15.5. The summed E-state index contributed by atoms with van der Waals surface area (Å²) in [5.41, 5.74) is 2.87. The van der Waals surface area contributed by atoms with Crippen molar-refractivity contribution in [3.63, 3.8) is 0 Å². The maximum absolute atomic E-state index is 11.7. The van der Waals surface area contributed by atoms with Crippen LogP contribution in [0.1, 0.15) is 30.0 Å². The van der Waals surface area contributed by atoms with Crippen LogP contribution in [0.5, 0.6) is 5.75 Å². The van der Waals surface area contributed by atoms with Gasteiger partial charge in [-0.15, -0.1) is 0 Å². The second kappa shape index (κ2) is 6.57. The molecule has 1 atom stereocenters. The number of nitrogens with one attached hydrogen (secondary N) is 1. The molecule has 1 saturated heterocycles. The van der Waals surface area contributed by atoms with E-state index in [0.717, 1.165) is 38.3 Å². The molecule has 2 aliphatic rings. The van der Waals surface area contributed by atoms with Crippen molar-refractivity contribution in [3.05, 3.63) is 29.3 Å². The summed E-state index contributed by atoms with van der Waals surface area (Å²) in [7, 11) is 3.42. The molecule has 22 heavy (non-hydrogen) atoms. The van der Waals surface area contributed by atoms with Crippen molar-refractivity contribution in [2.45, 2.75) is 25.3 Å². The predicted molar refractivity (Wildman–Crippen MR) is 86.3 cm³/mol. The average molecular weight is 303 g/mol. The Balaban J connectivity index is 1.73. The molecule has 1 heterocycles. The molecule has 0 saturated carbocycles. The van der Waals surface area contributed by atoms with Gasteiger partial charge in [0.1, 0.15) is 5.75 Å². The van der Waals surface area contributed by atoms with E-state index in [1.54, 1.807) is 14.2 Å². The summed E-state index contributed by atoms with van der Waals surface area (Å²) >= 11 is 0. The molecule has 1 aliphatic carbocycles. The summed E-state index contributed by atoms with van der Waals surface area (Å²) < 4.78 is 5.40. The van der Waals surface area contributed by atoms with Gasteiger partial charge in [0.25, 0.3) is 0 Å². The monoisotopic (exact) mass is 303 g/mol. The van der Waals surface area contributed by atoms with Gasteiger partial charge in [0, 0.05) is 39.3 Å². The highest BCUT2D eigenvalue weighted by Gasteiger charge is 2.29. The minimum Gasteiger partial charge on any atom is -0.497 e. The minimum absolute atomic E-state index is 0.0327. The Kier molecular flexibility index (Phi) is 4.52. The molecule has 1 aromatic carbocycles. The van der Waals surface area contributed by atoms with Crippen molar-refractivity contribution in [3.8, 4) is 5.75 Å². The molecule has 2 amide bonds. The topological polar surface area (TPSA) is 44.8 Å². The largest absolute Gasteiger partial charge is 0.497 e. The molecule has 1 unspecified atom stereocenters. The van der Waals surface area contributed by atoms with Gasteiger partial charge in [0.05, 0.1) is 7.11 Å². The Morgan fingerprint density at radius 3 is 2.73 bits per heavy atom. The van der Waals surface area contributed by atoms with Crippen molar-refractivity contribution < 1.29 is 9.53 Å². The van der Waals surface area contributed by atoms with Gasteiger partial charge in [0.2, 0.25) is 0 Å². The van der Waals surface area contributed by atoms with Gasteiger partial charge in [-0.25, -0.2) is 4.79 Å². The van der Waals surface area contributed by atoms with Crippen LogP contribution < -0.4 is 10.1 Å². The lowest BCUT2D eigenvalue weighted by Crippen LogP contribution is -2.52. The molecule has 5 heteroatoms. The Labute approximate surface area is 132 Å². The fourth-order valence-electron chi connectivity index (χ4n) is 3.65. The number of piperazine rings is 1. The Hall–Kier alpha value is -1.75. The number of amides is 2. The molecule has 3 rings (SSSR count). The lowest BCUT2D eigenvalue weighted by atomic mass is 9.86. The van der Waals surface area contributed by atoms with E-state index in [9.17, 15) is 4.79 Å². The number of urea groups is 1. The first kappa shape index (κ1) is 15.2. The molecular formula is C17H25N3O2. The van der Waals surface area contributed by atoms with Crippen LogP contribution in [0, 0.1) is 0 Å². The highest BCUT2D eigenvalue weighted by molar-refractivity contribution is 5.73. The summed E-state index contributed by atoms with van der Waals surface area (Å²) in [6.07, 6.45) is 3.59. The maximum Gasteiger partial charge on any atom is 0.317 e. The van der Waals surface area contributed by atoms with Crippen LogP contribution in [0.25, 0.3) is 0 Å². The third-order valence-electron chi connectivity index (χ3n) is 4.89. The van der Waals surface area contributed by atoms with Gasteiger partial charge < -0.3 is 15.0 Å². The first-order chi connectivity index (χ1) is 10.7. The van der Waals surface area contributed by atoms with Crippen LogP contribution in [0.4, 0.5) is 4.79 Å². The van der Waals surface area contributed by atoms with E-state index in [1.165, 1.54) is 24.0 Å². The zero-order valence-corrected chi connectivity index (χ0v) is 13.5. The zero-order valence-electron chi connectivity index (χ0n) is 13.5. The third-order valence-corrected chi connectivity index (χ3v) is 4.89. The smallest absolute Gasteiger partial charge is 0.317 e. The molecule has 0 spiro atoms. The van der Waals surface area contributed by atoms with Crippen LogP contribution in [0.2, 0.25) is 0 Å². The standard InChI is InChI=1S/C17H25N3O2/c1-18-17(21)20-10-8-19(9-11-20)16-5-3-4-13-6-7-14(22-2)12-15(13)16/h6-7,12,16H,3-5,8-11H2,1-2H3,(H,18,21). The van der Waals surface area contributed by atoms with Crippen LogP contribution in [-0.2, 0) is 6.42 Å². The number of methoxy groups -OCH3 is 1. The Morgan fingerprint density at radius 2 is 2.05 bits per heavy atom. The first-order valence-corrected chi connectivity index (χ1v) is 8.10. The molecule has 1 aromatic rings. The number of nitrogens with zero attached hydrogens (tertiary/aromatic N) is 2. The van der Waals surface area contributed by atoms with Crippen molar-refractivity contribution in [2.24, 2.45) is 0 Å². The van der Waals surface area contributed by atoms with Crippen molar-refractivity contribution in [1.82, 2.24) is 15.1 Å². The number of carbonyl (C=O) groups excluding carboxylic acids is 1. The lowest BCUT2D eigenvalue weighted by molar-refractivity contribution is 0.101. The molecule has 1 aliphatic heterocycles.